The molecule has 0 saturated carbocycles. The van der Waals surface area contributed by atoms with E-state index in [0.29, 0.717) is 11.6 Å². The van der Waals surface area contributed by atoms with Crippen LogP contribution >= 0.6 is 0 Å². The molecule has 1 saturated heterocycles. The van der Waals surface area contributed by atoms with Crippen LogP contribution in [0.2, 0.25) is 0 Å². The Morgan fingerprint density at radius 2 is 2.39 bits per heavy atom. The van der Waals surface area contributed by atoms with Gasteiger partial charge < -0.3 is 14.4 Å². The molecule has 0 aliphatic carbocycles. The summed E-state index contributed by atoms with van der Waals surface area (Å²) >= 11 is 0. The van der Waals surface area contributed by atoms with Crippen LogP contribution < -0.4 is 9.47 Å². The second-order valence-corrected chi connectivity index (χ2v) is 4.25. The largest absolute Gasteiger partial charge is 0.491 e. The van der Waals surface area contributed by atoms with E-state index in [0.717, 1.165) is 19.5 Å². The SMILES string of the molecule is COc1cc([N+](=O)[O-])cnc1O[C@H]1CCN(C)C1. The maximum atomic E-state index is 10.6. The van der Waals surface area contributed by atoms with E-state index in [4.69, 9.17) is 9.47 Å². The zero-order valence-corrected chi connectivity index (χ0v) is 10.3. The van der Waals surface area contributed by atoms with Crippen molar-refractivity contribution >= 4 is 5.69 Å². The Labute approximate surface area is 104 Å². The van der Waals surface area contributed by atoms with Crippen LogP contribution in [0.5, 0.6) is 11.6 Å². The summed E-state index contributed by atoms with van der Waals surface area (Å²) in [6, 6.07) is 1.32. The highest BCUT2D eigenvalue weighted by Gasteiger charge is 2.23. The standard InChI is InChI=1S/C11H15N3O4/c1-13-4-3-9(7-13)18-11-10(17-2)5-8(6-12-11)14(15)16/h5-6,9H,3-4,7H2,1-2H3/t9-/m0/s1. The first kappa shape index (κ1) is 12.6. The fourth-order valence-corrected chi connectivity index (χ4v) is 1.90. The van der Waals surface area contributed by atoms with Crippen LogP contribution in [0.3, 0.4) is 0 Å². The lowest BCUT2D eigenvalue weighted by molar-refractivity contribution is -0.385. The maximum absolute atomic E-state index is 10.6. The fraction of sp³-hybridized carbons (Fsp3) is 0.545. The van der Waals surface area contributed by atoms with Crippen molar-refractivity contribution in [2.45, 2.75) is 12.5 Å². The van der Waals surface area contributed by atoms with E-state index in [-0.39, 0.29) is 11.8 Å². The summed E-state index contributed by atoms with van der Waals surface area (Å²) in [5, 5.41) is 10.6. The predicted molar refractivity (Wildman–Crippen MR) is 64.0 cm³/mol. The molecule has 0 spiro atoms. The molecule has 1 aliphatic rings. The Balaban J connectivity index is 2.14. The van der Waals surface area contributed by atoms with E-state index in [9.17, 15) is 10.1 Å². The molecule has 1 fully saturated rings. The maximum Gasteiger partial charge on any atom is 0.291 e. The van der Waals surface area contributed by atoms with Crippen molar-refractivity contribution in [3.63, 3.8) is 0 Å². The second kappa shape index (κ2) is 5.18. The van der Waals surface area contributed by atoms with Gasteiger partial charge in [-0.2, -0.15) is 0 Å². The van der Waals surface area contributed by atoms with Gasteiger partial charge in [0.15, 0.2) is 5.75 Å². The molecule has 7 nitrogen and oxygen atoms in total. The molecule has 1 atom stereocenters. The Kier molecular flexibility index (Phi) is 3.61. The van der Waals surface area contributed by atoms with E-state index in [1.165, 1.54) is 19.4 Å². The van der Waals surface area contributed by atoms with Gasteiger partial charge in [0.2, 0.25) is 0 Å². The molecule has 2 rings (SSSR count). The van der Waals surface area contributed by atoms with Gasteiger partial charge in [0, 0.05) is 13.1 Å². The molecule has 18 heavy (non-hydrogen) atoms. The van der Waals surface area contributed by atoms with Crippen LogP contribution in [-0.2, 0) is 0 Å². The first-order chi connectivity index (χ1) is 8.60. The lowest BCUT2D eigenvalue weighted by atomic mass is 10.3. The highest BCUT2D eigenvalue weighted by molar-refractivity contribution is 5.42. The summed E-state index contributed by atoms with van der Waals surface area (Å²) in [4.78, 5) is 16.2. The quantitative estimate of drug-likeness (QED) is 0.590. The molecule has 1 aromatic heterocycles. The number of rotatable bonds is 4. The van der Waals surface area contributed by atoms with Crippen LogP contribution in [0.15, 0.2) is 12.3 Å². The van der Waals surface area contributed by atoms with Gasteiger partial charge in [0.1, 0.15) is 12.3 Å². The summed E-state index contributed by atoms with van der Waals surface area (Å²) in [6.07, 6.45) is 2.15. The summed E-state index contributed by atoms with van der Waals surface area (Å²) in [7, 11) is 3.46. The lowest BCUT2D eigenvalue weighted by Crippen LogP contribution is -2.22. The Morgan fingerprint density at radius 1 is 1.61 bits per heavy atom. The molecule has 7 heteroatoms. The monoisotopic (exact) mass is 253 g/mol. The summed E-state index contributed by atoms with van der Waals surface area (Å²) in [6.45, 7) is 1.79. The van der Waals surface area contributed by atoms with E-state index in [2.05, 4.69) is 9.88 Å². The average Bonchev–Trinajstić information content (AvgIpc) is 2.75. The van der Waals surface area contributed by atoms with E-state index >= 15 is 0 Å². The number of hydrogen-bond acceptors (Lipinski definition) is 6. The molecule has 0 radical (unpaired) electrons. The number of ether oxygens (including phenoxy) is 2. The van der Waals surface area contributed by atoms with Crippen molar-refractivity contribution in [2.24, 2.45) is 0 Å². The van der Waals surface area contributed by atoms with Crippen molar-refractivity contribution in [1.82, 2.24) is 9.88 Å². The van der Waals surface area contributed by atoms with Crippen molar-refractivity contribution in [1.29, 1.82) is 0 Å². The minimum atomic E-state index is -0.511. The smallest absolute Gasteiger partial charge is 0.291 e. The zero-order chi connectivity index (χ0) is 13.1. The second-order valence-electron chi connectivity index (χ2n) is 4.25. The van der Waals surface area contributed by atoms with Gasteiger partial charge in [-0.25, -0.2) is 4.98 Å². The molecule has 0 N–H and O–H groups in total. The Hall–Kier alpha value is -1.89. The number of methoxy groups -OCH3 is 1. The van der Waals surface area contributed by atoms with E-state index < -0.39 is 4.92 Å². The van der Waals surface area contributed by atoms with Crippen molar-refractivity contribution in [3.8, 4) is 11.6 Å². The normalized spacial score (nSPS) is 19.8. The minimum absolute atomic E-state index is 0.0536. The molecule has 0 bridgehead atoms. The predicted octanol–water partition coefficient (Wildman–Crippen LogP) is 1.08. The molecule has 1 aliphatic heterocycles. The van der Waals surface area contributed by atoms with Crippen molar-refractivity contribution in [3.05, 3.63) is 22.4 Å². The highest BCUT2D eigenvalue weighted by atomic mass is 16.6. The number of pyridine rings is 1. The number of nitro groups is 1. The van der Waals surface area contributed by atoms with Gasteiger partial charge in [0.25, 0.3) is 11.6 Å². The van der Waals surface area contributed by atoms with E-state index in [1.807, 2.05) is 7.05 Å². The van der Waals surface area contributed by atoms with Gasteiger partial charge >= 0.3 is 0 Å². The fourth-order valence-electron chi connectivity index (χ4n) is 1.90. The molecular formula is C11H15N3O4. The van der Waals surface area contributed by atoms with Crippen LogP contribution in [0, 0.1) is 10.1 Å². The highest BCUT2D eigenvalue weighted by Crippen LogP contribution is 2.30. The Bertz CT molecular complexity index is 452. The molecule has 98 valence electrons. The number of likely N-dealkylation sites (N-methyl/N-ethyl adjacent to an activating group) is 1. The van der Waals surface area contributed by atoms with Crippen LogP contribution in [-0.4, -0.2) is 48.2 Å². The van der Waals surface area contributed by atoms with E-state index in [1.54, 1.807) is 0 Å². The summed E-state index contributed by atoms with van der Waals surface area (Å²) in [5.41, 5.74) is -0.109. The van der Waals surface area contributed by atoms with Gasteiger partial charge in [-0.15, -0.1) is 0 Å². The van der Waals surface area contributed by atoms with Gasteiger partial charge in [-0.05, 0) is 13.5 Å². The third kappa shape index (κ3) is 2.67. The van der Waals surface area contributed by atoms with Gasteiger partial charge in [0.05, 0.1) is 18.1 Å². The molecular weight excluding hydrogens is 238 g/mol. The number of aromatic nitrogens is 1. The summed E-state index contributed by atoms with van der Waals surface area (Å²) in [5.74, 6) is 0.599. The molecule has 2 heterocycles. The van der Waals surface area contributed by atoms with Crippen LogP contribution in [0.4, 0.5) is 5.69 Å². The van der Waals surface area contributed by atoms with Gasteiger partial charge in [-0.1, -0.05) is 0 Å². The molecule has 0 aromatic carbocycles. The number of likely N-dealkylation sites (tertiary alicyclic amines) is 1. The molecule has 1 aromatic rings. The third-order valence-electron chi connectivity index (χ3n) is 2.86. The first-order valence-electron chi connectivity index (χ1n) is 5.63. The molecule has 0 amide bonds. The topological polar surface area (TPSA) is 77.7 Å². The van der Waals surface area contributed by atoms with Gasteiger partial charge in [-0.3, -0.25) is 10.1 Å². The van der Waals surface area contributed by atoms with Crippen LogP contribution in [0.25, 0.3) is 0 Å². The number of nitrogens with zero attached hydrogens (tertiary/aromatic N) is 3. The third-order valence-corrected chi connectivity index (χ3v) is 2.86. The summed E-state index contributed by atoms with van der Waals surface area (Å²) < 4.78 is 10.8. The minimum Gasteiger partial charge on any atom is -0.491 e. The molecule has 0 unspecified atom stereocenters. The van der Waals surface area contributed by atoms with Crippen molar-refractivity contribution in [2.75, 3.05) is 27.2 Å². The van der Waals surface area contributed by atoms with Crippen molar-refractivity contribution < 1.29 is 14.4 Å². The average molecular weight is 253 g/mol. The van der Waals surface area contributed by atoms with Crippen LogP contribution in [0.1, 0.15) is 6.42 Å². The Morgan fingerprint density at radius 3 is 2.94 bits per heavy atom. The zero-order valence-electron chi connectivity index (χ0n) is 10.3. The first-order valence-corrected chi connectivity index (χ1v) is 5.63. The lowest BCUT2D eigenvalue weighted by Gasteiger charge is -2.14. The number of hydrogen-bond donors (Lipinski definition) is 0.